The van der Waals surface area contributed by atoms with Gasteiger partial charge in [-0.3, -0.25) is 30.3 Å². The monoisotopic (exact) mass is 973 g/mol. The van der Waals surface area contributed by atoms with E-state index in [0.29, 0.717) is 68.9 Å². The number of aryl methyl sites for hydroxylation is 3. The molecule has 0 radical (unpaired) electrons. The number of aromatic amines is 3. The summed E-state index contributed by atoms with van der Waals surface area (Å²) >= 11 is 0. The van der Waals surface area contributed by atoms with Crippen LogP contribution in [-0.2, 0) is 14.2 Å². The van der Waals surface area contributed by atoms with Gasteiger partial charge in [0, 0.05) is 61.5 Å². The molecule has 0 aliphatic rings. The average molecular weight is 974 g/mol. The quantitative estimate of drug-likeness (QED) is 0.0211. The first-order valence-corrected chi connectivity index (χ1v) is 22.4. The molecule has 3 aromatic rings. The maximum Gasteiger partial charge on any atom is 0.408 e. The highest BCUT2D eigenvalue weighted by Crippen LogP contribution is 2.05. The summed E-state index contributed by atoms with van der Waals surface area (Å²) in [6.45, 7) is 6.89. The van der Waals surface area contributed by atoms with Gasteiger partial charge in [0.2, 0.25) is 17.8 Å². The number of rotatable bonds is 28. The first-order valence-electron chi connectivity index (χ1n) is 22.4. The molecule has 69 heavy (non-hydrogen) atoms. The summed E-state index contributed by atoms with van der Waals surface area (Å²) < 4.78 is 16.3. The Morgan fingerprint density at radius 2 is 0.768 bits per heavy atom. The van der Waals surface area contributed by atoms with E-state index in [4.69, 9.17) is 14.2 Å². The van der Waals surface area contributed by atoms with Gasteiger partial charge >= 0.3 is 36.4 Å². The van der Waals surface area contributed by atoms with Crippen molar-refractivity contribution in [1.29, 1.82) is 0 Å². The number of nitrogens with zero attached hydrogens (tertiary/aromatic N) is 4. The molecule has 0 unspecified atom stereocenters. The van der Waals surface area contributed by atoms with E-state index < -0.39 is 53.1 Å². The van der Waals surface area contributed by atoms with Crippen molar-refractivity contribution in [2.24, 2.45) is 0 Å². The maximum absolute atomic E-state index is 12.5. The number of urea groups is 3. The number of amides is 9. The number of likely N-dealkylation sites (N-methyl/N-ethyl adjacent to an activating group) is 1. The van der Waals surface area contributed by atoms with Gasteiger partial charge in [-0.15, -0.1) is 0 Å². The molecule has 3 heterocycles. The minimum Gasteiger partial charge on any atom is -0.444 e. The highest BCUT2D eigenvalue weighted by molar-refractivity contribution is 5.88. The normalized spacial score (nSPS) is 10.8. The lowest BCUT2D eigenvalue weighted by Gasteiger charge is -2.33. The van der Waals surface area contributed by atoms with Gasteiger partial charge in [0.25, 0.3) is 16.7 Å². The van der Waals surface area contributed by atoms with Crippen molar-refractivity contribution in [3.8, 4) is 0 Å². The summed E-state index contributed by atoms with van der Waals surface area (Å²) in [6.07, 6.45) is 3.79. The van der Waals surface area contributed by atoms with Gasteiger partial charge in [-0.2, -0.15) is 15.0 Å². The second-order valence-corrected chi connectivity index (χ2v) is 15.9. The highest BCUT2D eigenvalue weighted by atomic mass is 16.6. The zero-order valence-electron chi connectivity index (χ0n) is 39.4. The summed E-state index contributed by atoms with van der Waals surface area (Å²) in [5.74, 6) is 0.0471. The molecule has 0 bridgehead atoms. The van der Waals surface area contributed by atoms with Gasteiger partial charge in [0.15, 0.2) is 0 Å². The van der Waals surface area contributed by atoms with Crippen LogP contribution in [0.15, 0.2) is 32.6 Å². The Morgan fingerprint density at radius 3 is 1.10 bits per heavy atom. The smallest absolute Gasteiger partial charge is 0.408 e. The number of H-pyrrole nitrogens is 3. The number of quaternary nitrogens is 1. The van der Waals surface area contributed by atoms with Crippen molar-refractivity contribution >= 4 is 54.2 Å². The molecular formula is C41H65N16O12+. The Kier molecular flexibility index (Phi) is 24.5. The maximum atomic E-state index is 12.5. The van der Waals surface area contributed by atoms with E-state index in [0.717, 1.165) is 25.7 Å². The van der Waals surface area contributed by atoms with E-state index in [1.54, 1.807) is 20.8 Å². The second-order valence-electron chi connectivity index (χ2n) is 15.9. The molecule has 28 nitrogen and oxygen atoms in total. The van der Waals surface area contributed by atoms with Crippen molar-refractivity contribution in [2.75, 3.05) is 95.3 Å². The minimum absolute atomic E-state index is 0.00842. The van der Waals surface area contributed by atoms with Crippen molar-refractivity contribution in [1.82, 2.24) is 61.8 Å². The van der Waals surface area contributed by atoms with Crippen LogP contribution in [0.5, 0.6) is 0 Å². The molecule has 0 spiro atoms. The molecule has 0 aliphatic heterocycles. The molecule has 3 aromatic heterocycles. The van der Waals surface area contributed by atoms with Gasteiger partial charge in [-0.1, -0.05) is 25.7 Å². The first kappa shape index (κ1) is 55.5. The Bertz CT molecular complexity index is 2210. The molecule has 3 rings (SSSR count). The van der Waals surface area contributed by atoms with E-state index in [2.05, 4.69) is 77.8 Å². The number of anilines is 3. The van der Waals surface area contributed by atoms with Gasteiger partial charge in [-0.25, -0.2) is 28.8 Å². The summed E-state index contributed by atoms with van der Waals surface area (Å²) in [5, 5.41) is 22.9. The fourth-order valence-corrected chi connectivity index (χ4v) is 6.12. The summed E-state index contributed by atoms with van der Waals surface area (Å²) in [4.78, 5) is 127. The summed E-state index contributed by atoms with van der Waals surface area (Å²) in [6, 6.07) is 2.16. The molecule has 9 amide bonds. The highest BCUT2D eigenvalue weighted by Gasteiger charge is 2.24. The van der Waals surface area contributed by atoms with Gasteiger partial charge in [-0.05, 0) is 46.5 Å². The third-order valence-corrected chi connectivity index (χ3v) is 9.72. The van der Waals surface area contributed by atoms with Crippen LogP contribution in [0.4, 0.5) is 46.6 Å². The lowest BCUT2D eigenvalue weighted by molar-refractivity contribution is -0.909. The number of unbranched alkanes of at least 4 members (excludes halogenated alkanes) is 6. The van der Waals surface area contributed by atoms with Crippen molar-refractivity contribution < 1.29 is 47.5 Å². The molecule has 0 atom stereocenters. The molecule has 0 aromatic carbocycles. The van der Waals surface area contributed by atoms with E-state index in [-0.39, 0.29) is 68.5 Å². The number of hydrogen-bond donors (Lipinski definition) is 12. The van der Waals surface area contributed by atoms with E-state index in [1.165, 1.54) is 18.2 Å². The molecule has 0 aliphatic carbocycles. The number of alkyl carbamates (subject to hydrolysis) is 3. The number of hydrogen-bond acceptors (Lipinski definition) is 15. The van der Waals surface area contributed by atoms with Crippen LogP contribution in [0.3, 0.4) is 0 Å². The number of aromatic nitrogens is 6. The van der Waals surface area contributed by atoms with Crippen molar-refractivity contribution in [3.63, 3.8) is 0 Å². The topological polar surface area (TPSA) is 376 Å². The Labute approximate surface area is 396 Å². The van der Waals surface area contributed by atoms with E-state index >= 15 is 0 Å². The Hall–Kier alpha value is -7.78. The lowest BCUT2D eigenvalue weighted by Crippen LogP contribution is -2.51. The molecule has 0 saturated carbocycles. The molecule has 0 saturated heterocycles. The fraction of sp³-hybridized carbons (Fsp3) is 0.561. The third-order valence-electron chi connectivity index (χ3n) is 9.72. The molecule has 28 heteroatoms. The number of nitrogens with one attached hydrogen (secondary N) is 12. The predicted octanol–water partition coefficient (Wildman–Crippen LogP) is 1.33. The predicted molar refractivity (Wildman–Crippen MR) is 251 cm³/mol. The SMILES string of the molecule is Cc1cc(=O)nc(NC(=O)NCCCCCCNC(=O)OCC[N+](C)(CCOC(=O)NCCCCCCNC(=O)Nc2nc(=O)cc(C)[nH]2)CCOC(=O)NCNC(=O)Nc2nc(=O)cc(C)[nH]2)[nH]1. The van der Waals surface area contributed by atoms with Crippen LogP contribution in [-0.4, -0.2) is 150 Å². The second kappa shape index (κ2) is 30.5. The van der Waals surface area contributed by atoms with Crippen LogP contribution in [0.2, 0.25) is 0 Å². The van der Waals surface area contributed by atoms with Gasteiger partial charge < -0.3 is 65.5 Å². The Balaban J connectivity index is 1.32. The average Bonchev–Trinajstić information content (AvgIpc) is 3.24. The van der Waals surface area contributed by atoms with Crippen LogP contribution in [0, 0.1) is 20.8 Å². The fourth-order valence-electron chi connectivity index (χ4n) is 6.12. The first-order chi connectivity index (χ1) is 33.0. The third kappa shape index (κ3) is 25.6. The standard InChI is InChI=1S/C41H64N16O12/c1-27-23-30(58)51-33(48-27)54-36(61)42-13-9-5-7-11-15-44-39(64)67-20-17-57(4,19-22-69-41(66)47-26-46-38(63)56-35-50-29(3)25-32(60)53-35)18-21-68-40(65)45-16-12-8-6-10-14-43-37(62)55-34-49-28(2)24-31(59)52-34/h23-25H,5-22,26H2,1-4H3,(H11-,42,43,44,45,46,47,48,49,50,51,52,53,54,55,56,58,59,60,61,62,63,64,65,66)/p+1. The van der Waals surface area contributed by atoms with Gasteiger partial charge in [0.05, 0.1) is 13.7 Å². The summed E-state index contributed by atoms with van der Waals surface area (Å²) in [5.41, 5.74) is 0.157. The molecule has 0 fully saturated rings. The van der Waals surface area contributed by atoms with Crippen LogP contribution in [0.25, 0.3) is 0 Å². The Morgan fingerprint density at radius 1 is 0.464 bits per heavy atom. The molecular weight excluding hydrogens is 909 g/mol. The summed E-state index contributed by atoms with van der Waals surface area (Å²) in [7, 11) is 1.82. The van der Waals surface area contributed by atoms with Crippen molar-refractivity contribution in [2.45, 2.75) is 72.1 Å². The van der Waals surface area contributed by atoms with Crippen molar-refractivity contribution in [3.05, 3.63) is 66.3 Å². The van der Waals surface area contributed by atoms with E-state index in [9.17, 15) is 43.2 Å². The van der Waals surface area contributed by atoms with Crippen LogP contribution >= 0.6 is 0 Å². The zero-order valence-corrected chi connectivity index (χ0v) is 39.4. The van der Waals surface area contributed by atoms with Crippen LogP contribution in [0.1, 0.15) is 68.4 Å². The minimum atomic E-state index is -0.831. The largest absolute Gasteiger partial charge is 0.444 e. The number of carbonyl (C=O) groups excluding carboxylic acids is 6. The van der Waals surface area contributed by atoms with Gasteiger partial charge in [0.1, 0.15) is 39.5 Å². The van der Waals surface area contributed by atoms with Crippen LogP contribution < -0.4 is 64.5 Å². The number of ether oxygens (including phenoxy) is 3. The molecule has 380 valence electrons. The van der Waals surface area contributed by atoms with E-state index in [1.807, 2.05) is 7.05 Å². The lowest BCUT2D eigenvalue weighted by atomic mass is 10.2. The number of carbonyl (C=O) groups is 6. The zero-order chi connectivity index (χ0) is 50.4. The molecule has 12 N–H and O–H groups in total.